The van der Waals surface area contributed by atoms with Gasteiger partial charge in [0.05, 0.1) is 20.1 Å². The van der Waals surface area contributed by atoms with Gasteiger partial charge in [-0.05, 0) is 40.8 Å². The van der Waals surface area contributed by atoms with E-state index in [1.54, 1.807) is 22.7 Å². The quantitative estimate of drug-likeness (QED) is 0.338. The van der Waals surface area contributed by atoms with Crippen LogP contribution in [0.1, 0.15) is 27.5 Å². The highest BCUT2D eigenvalue weighted by atomic mass is 32.1. The van der Waals surface area contributed by atoms with Gasteiger partial charge < -0.3 is 14.3 Å². The van der Waals surface area contributed by atoms with Gasteiger partial charge in [-0.1, -0.05) is 18.2 Å². The van der Waals surface area contributed by atoms with Gasteiger partial charge in [0.2, 0.25) is 0 Å². The molecule has 0 amide bonds. The van der Waals surface area contributed by atoms with E-state index < -0.39 is 11.6 Å². The fourth-order valence-electron chi connectivity index (χ4n) is 4.39. The topological polar surface area (TPSA) is 46.5 Å². The SMILES string of the molecule is C[N+]1(CCCc2cccs2)CC[C@@H](OC(=O)C(O)(Cc2cccs2)Cc2cccs2)C1. The Morgan fingerprint density at radius 2 is 1.65 bits per heavy atom. The van der Waals surface area contributed by atoms with Crippen molar-refractivity contribution < 1.29 is 19.1 Å². The van der Waals surface area contributed by atoms with Crippen LogP contribution in [-0.4, -0.2) is 53.9 Å². The summed E-state index contributed by atoms with van der Waals surface area (Å²) in [5.41, 5.74) is -1.53. The Balaban J connectivity index is 1.35. The number of nitrogens with zero attached hydrogens (tertiary/aromatic N) is 1. The first-order valence-electron chi connectivity index (χ1n) is 10.8. The monoisotopic (exact) mass is 476 g/mol. The Bertz CT molecular complexity index is 901. The Hall–Kier alpha value is -1.51. The van der Waals surface area contributed by atoms with Crippen LogP contribution in [0.2, 0.25) is 0 Å². The highest BCUT2D eigenvalue weighted by molar-refractivity contribution is 7.10. The highest BCUT2D eigenvalue weighted by Crippen LogP contribution is 2.28. The Kier molecular flexibility index (Phi) is 7.29. The van der Waals surface area contributed by atoms with E-state index in [-0.39, 0.29) is 6.10 Å². The van der Waals surface area contributed by atoms with Gasteiger partial charge in [0, 0.05) is 40.3 Å². The number of likely N-dealkylation sites (N-methyl/N-ethyl adjacent to an activating group) is 1. The molecule has 1 unspecified atom stereocenters. The number of hydrogen-bond donors (Lipinski definition) is 1. The summed E-state index contributed by atoms with van der Waals surface area (Å²) in [7, 11) is 2.26. The van der Waals surface area contributed by atoms with E-state index in [2.05, 4.69) is 24.6 Å². The number of thiophene rings is 3. The van der Waals surface area contributed by atoms with Crippen LogP contribution >= 0.6 is 34.0 Å². The van der Waals surface area contributed by atoms with E-state index in [4.69, 9.17) is 4.74 Å². The Labute approximate surface area is 196 Å². The molecule has 0 bridgehead atoms. The molecule has 4 rings (SSSR count). The lowest BCUT2D eigenvalue weighted by atomic mass is 9.93. The van der Waals surface area contributed by atoms with E-state index in [9.17, 15) is 9.90 Å². The fourth-order valence-corrected chi connectivity index (χ4v) is 6.76. The maximum atomic E-state index is 13.2. The van der Waals surface area contributed by atoms with Crippen LogP contribution in [0, 0.1) is 0 Å². The number of likely N-dealkylation sites (tertiary alicyclic amines) is 1. The second kappa shape index (κ2) is 9.96. The number of rotatable bonds is 10. The summed E-state index contributed by atoms with van der Waals surface area (Å²) in [6.07, 6.45) is 3.56. The van der Waals surface area contributed by atoms with Crippen LogP contribution in [0.3, 0.4) is 0 Å². The molecule has 0 spiro atoms. The molecule has 1 aliphatic rings. The average molecular weight is 477 g/mol. The molecule has 3 aromatic rings. The molecule has 0 aromatic carbocycles. The third kappa shape index (κ3) is 6.05. The van der Waals surface area contributed by atoms with E-state index in [1.165, 1.54) is 4.88 Å². The zero-order chi connectivity index (χ0) is 21.7. The molecule has 7 heteroatoms. The predicted octanol–water partition coefficient (Wildman–Crippen LogP) is 4.78. The average Bonchev–Trinajstić information content (AvgIpc) is 3.51. The molecule has 4 heterocycles. The number of carbonyl (C=O) groups is 1. The fraction of sp³-hybridized carbons (Fsp3) is 0.458. The minimum absolute atomic E-state index is 0.127. The van der Waals surface area contributed by atoms with Crippen LogP contribution in [0.25, 0.3) is 0 Å². The Morgan fingerprint density at radius 1 is 1.06 bits per heavy atom. The van der Waals surface area contributed by atoms with Crippen molar-refractivity contribution in [2.24, 2.45) is 0 Å². The summed E-state index contributed by atoms with van der Waals surface area (Å²) >= 11 is 4.94. The molecule has 0 saturated carbocycles. The number of aliphatic hydroxyl groups is 1. The van der Waals surface area contributed by atoms with Gasteiger partial charge in [0.25, 0.3) is 0 Å². The second-order valence-corrected chi connectivity index (χ2v) is 11.9. The molecule has 0 radical (unpaired) electrons. The second-order valence-electron chi connectivity index (χ2n) is 8.79. The molecule has 4 nitrogen and oxygen atoms in total. The van der Waals surface area contributed by atoms with Gasteiger partial charge in [-0.25, -0.2) is 4.79 Å². The summed E-state index contributed by atoms with van der Waals surface area (Å²) in [5, 5.41) is 17.5. The molecule has 166 valence electrons. The van der Waals surface area contributed by atoms with Gasteiger partial charge in [-0.15, -0.1) is 34.0 Å². The van der Waals surface area contributed by atoms with Crippen molar-refractivity contribution in [3.8, 4) is 0 Å². The van der Waals surface area contributed by atoms with Gasteiger partial charge in [0.15, 0.2) is 11.7 Å². The van der Waals surface area contributed by atoms with Crippen LogP contribution in [0.15, 0.2) is 52.5 Å². The molecule has 0 aliphatic carbocycles. The third-order valence-electron chi connectivity index (χ3n) is 6.08. The molecule has 1 saturated heterocycles. The van der Waals surface area contributed by atoms with Crippen LogP contribution in [-0.2, 0) is 28.8 Å². The normalized spacial score (nSPS) is 21.4. The van der Waals surface area contributed by atoms with Gasteiger partial charge >= 0.3 is 5.97 Å². The lowest BCUT2D eigenvalue weighted by molar-refractivity contribution is -0.899. The maximum Gasteiger partial charge on any atom is 0.339 e. The number of esters is 1. The molecular weight excluding hydrogens is 446 g/mol. The Morgan fingerprint density at radius 3 is 2.19 bits per heavy atom. The lowest BCUT2D eigenvalue weighted by Gasteiger charge is -2.30. The molecule has 3 aromatic heterocycles. The first-order valence-corrected chi connectivity index (χ1v) is 13.4. The van der Waals surface area contributed by atoms with Gasteiger partial charge in [-0.3, -0.25) is 0 Å². The third-order valence-corrected chi connectivity index (χ3v) is 8.77. The summed E-state index contributed by atoms with van der Waals surface area (Å²) in [4.78, 5) is 16.6. The first-order chi connectivity index (χ1) is 14.9. The van der Waals surface area contributed by atoms with E-state index in [0.29, 0.717) is 12.8 Å². The summed E-state index contributed by atoms with van der Waals surface area (Å²) < 4.78 is 6.86. The van der Waals surface area contributed by atoms with Crippen molar-refractivity contribution in [2.45, 2.75) is 43.8 Å². The lowest BCUT2D eigenvalue weighted by Crippen LogP contribution is -2.47. The highest BCUT2D eigenvalue weighted by Gasteiger charge is 2.43. The van der Waals surface area contributed by atoms with Crippen molar-refractivity contribution in [1.29, 1.82) is 0 Å². The molecule has 1 fully saturated rings. The smallest absolute Gasteiger partial charge is 0.339 e. The van der Waals surface area contributed by atoms with E-state index in [1.807, 2.05) is 46.4 Å². The van der Waals surface area contributed by atoms with Crippen molar-refractivity contribution in [3.05, 3.63) is 67.2 Å². The van der Waals surface area contributed by atoms with Crippen molar-refractivity contribution in [2.75, 3.05) is 26.7 Å². The van der Waals surface area contributed by atoms with Crippen molar-refractivity contribution >= 4 is 40.0 Å². The molecule has 31 heavy (non-hydrogen) atoms. The molecule has 1 aliphatic heterocycles. The summed E-state index contributed by atoms with van der Waals surface area (Å²) in [5.74, 6) is -0.480. The molecule has 1 N–H and O–H groups in total. The summed E-state index contributed by atoms with van der Waals surface area (Å²) in [6, 6.07) is 12.1. The number of ether oxygens (including phenoxy) is 1. The minimum Gasteiger partial charge on any atom is -0.454 e. The number of aryl methyl sites for hydroxylation is 1. The molecule has 2 atom stereocenters. The van der Waals surface area contributed by atoms with Crippen LogP contribution < -0.4 is 0 Å². The van der Waals surface area contributed by atoms with E-state index >= 15 is 0 Å². The van der Waals surface area contributed by atoms with Crippen LogP contribution in [0.5, 0.6) is 0 Å². The maximum absolute atomic E-state index is 13.2. The zero-order valence-corrected chi connectivity index (χ0v) is 20.3. The van der Waals surface area contributed by atoms with E-state index in [0.717, 1.165) is 53.1 Å². The minimum atomic E-state index is -1.53. The number of carbonyl (C=O) groups excluding carboxylic acids is 1. The van der Waals surface area contributed by atoms with Crippen molar-refractivity contribution in [1.82, 2.24) is 0 Å². The first kappa shape index (κ1) is 22.7. The largest absolute Gasteiger partial charge is 0.454 e. The number of quaternary nitrogens is 1. The predicted molar refractivity (Wildman–Crippen MR) is 129 cm³/mol. The van der Waals surface area contributed by atoms with Gasteiger partial charge in [-0.2, -0.15) is 0 Å². The zero-order valence-electron chi connectivity index (χ0n) is 17.9. The number of hydrogen-bond acceptors (Lipinski definition) is 6. The van der Waals surface area contributed by atoms with Gasteiger partial charge in [0.1, 0.15) is 6.54 Å². The van der Waals surface area contributed by atoms with Crippen LogP contribution in [0.4, 0.5) is 0 Å². The standard InChI is InChI=1S/C24H30NO3S3/c1-25(11-2-6-20-7-3-13-29-20)12-10-19(18-25)28-23(26)24(27,16-21-8-4-14-30-21)17-22-9-5-15-31-22/h3-5,7-9,13-15,19,27H,2,6,10-12,16-18H2,1H3/q+1/t19-,25?/m1/s1. The summed E-state index contributed by atoms with van der Waals surface area (Å²) in [6.45, 7) is 2.92. The van der Waals surface area contributed by atoms with Crippen molar-refractivity contribution in [3.63, 3.8) is 0 Å². The molecular formula is C24H30NO3S3+.